The normalized spacial score (nSPS) is 15.2. The molecule has 23 heavy (non-hydrogen) atoms. The van der Waals surface area contributed by atoms with Crippen LogP contribution in [0.15, 0.2) is 22.8 Å². The molecular weight excluding hydrogens is 312 g/mol. The zero-order chi connectivity index (χ0) is 16.2. The number of thiazole rings is 1. The average molecular weight is 334 g/mol. The summed E-state index contributed by atoms with van der Waals surface area (Å²) in [6.07, 6.45) is 6.60. The van der Waals surface area contributed by atoms with Crippen LogP contribution in [0.5, 0.6) is 0 Å². The van der Waals surface area contributed by atoms with E-state index in [1.54, 1.807) is 17.2 Å². The number of carbonyl (C=O) groups is 1. The second-order valence-electron chi connectivity index (χ2n) is 5.85. The van der Waals surface area contributed by atoms with Gasteiger partial charge in [0, 0.05) is 4.88 Å². The lowest BCUT2D eigenvalue weighted by atomic mass is 10.0. The van der Waals surface area contributed by atoms with E-state index in [-0.39, 0.29) is 18.6 Å². The van der Waals surface area contributed by atoms with Crippen LogP contribution >= 0.6 is 11.3 Å². The van der Waals surface area contributed by atoms with Crippen LogP contribution in [-0.4, -0.2) is 33.5 Å². The van der Waals surface area contributed by atoms with Crippen molar-refractivity contribution in [3.05, 3.63) is 39.7 Å². The molecule has 0 radical (unpaired) electrons. The predicted molar refractivity (Wildman–Crippen MR) is 88.5 cm³/mol. The molecule has 2 aromatic rings. The van der Waals surface area contributed by atoms with E-state index in [4.69, 9.17) is 4.42 Å². The number of carbonyl (C=O) groups excluding carboxylic acids is 1. The summed E-state index contributed by atoms with van der Waals surface area (Å²) in [6, 6.07) is 3.42. The third-order valence-electron chi connectivity index (χ3n) is 4.32. The summed E-state index contributed by atoms with van der Waals surface area (Å²) in [6.45, 7) is 2.26. The Balaban J connectivity index is 1.85. The second-order valence-corrected chi connectivity index (χ2v) is 6.94. The summed E-state index contributed by atoms with van der Waals surface area (Å²) >= 11 is 1.51. The van der Waals surface area contributed by atoms with Crippen molar-refractivity contribution in [1.29, 1.82) is 0 Å². The Morgan fingerprint density at radius 2 is 2.30 bits per heavy atom. The zero-order valence-corrected chi connectivity index (χ0v) is 14.1. The Hall–Kier alpha value is -1.66. The number of furan rings is 1. The highest BCUT2D eigenvalue weighted by molar-refractivity contribution is 7.13. The smallest absolute Gasteiger partial charge is 0.283 e. The fourth-order valence-corrected chi connectivity index (χ4v) is 4.06. The Labute approximate surface area is 140 Å². The highest BCUT2D eigenvalue weighted by atomic mass is 32.1. The number of rotatable bonds is 6. The highest BCUT2D eigenvalue weighted by Crippen LogP contribution is 2.28. The van der Waals surface area contributed by atoms with Crippen molar-refractivity contribution in [2.45, 2.75) is 51.6 Å². The standard InChI is InChI=1S/C17H22N2O3S/c1-2-12(11-20)19(10-13-6-5-9-22-13)17(21)16-18-14-7-3-4-8-15(14)23-16/h5-6,9,12,20H,2-4,7-8,10-11H2,1H3/t12-/m1/s1. The van der Waals surface area contributed by atoms with Crippen molar-refractivity contribution in [2.75, 3.05) is 6.61 Å². The van der Waals surface area contributed by atoms with Crippen molar-refractivity contribution in [3.63, 3.8) is 0 Å². The molecule has 0 aromatic carbocycles. The average Bonchev–Trinajstić information content (AvgIpc) is 3.23. The molecule has 0 spiro atoms. The van der Waals surface area contributed by atoms with Gasteiger partial charge in [-0.3, -0.25) is 4.79 Å². The number of nitrogens with zero attached hydrogens (tertiary/aromatic N) is 2. The Kier molecular flexibility index (Phi) is 5.13. The summed E-state index contributed by atoms with van der Waals surface area (Å²) in [5.41, 5.74) is 1.08. The van der Waals surface area contributed by atoms with Gasteiger partial charge in [-0.2, -0.15) is 0 Å². The molecule has 2 aromatic heterocycles. The van der Waals surface area contributed by atoms with E-state index < -0.39 is 0 Å². The first-order valence-electron chi connectivity index (χ1n) is 8.15. The van der Waals surface area contributed by atoms with Crippen LogP contribution in [0.4, 0.5) is 0 Å². The van der Waals surface area contributed by atoms with Gasteiger partial charge < -0.3 is 14.4 Å². The Bertz CT molecular complexity index is 623. The predicted octanol–water partition coefficient (Wildman–Crippen LogP) is 3.03. The fraction of sp³-hybridized carbons (Fsp3) is 0.529. The number of hydrogen-bond donors (Lipinski definition) is 1. The lowest BCUT2D eigenvalue weighted by molar-refractivity contribution is 0.0544. The zero-order valence-electron chi connectivity index (χ0n) is 13.3. The molecule has 3 rings (SSSR count). The number of aliphatic hydroxyl groups excluding tert-OH is 1. The number of aromatic nitrogens is 1. The molecule has 5 nitrogen and oxygen atoms in total. The quantitative estimate of drug-likeness (QED) is 0.882. The van der Waals surface area contributed by atoms with Gasteiger partial charge in [0.2, 0.25) is 0 Å². The minimum absolute atomic E-state index is 0.0615. The molecule has 0 unspecified atom stereocenters. The van der Waals surface area contributed by atoms with Gasteiger partial charge in [-0.25, -0.2) is 4.98 Å². The van der Waals surface area contributed by atoms with E-state index in [1.807, 2.05) is 13.0 Å². The van der Waals surface area contributed by atoms with Gasteiger partial charge in [-0.15, -0.1) is 11.3 Å². The van der Waals surface area contributed by atoms with Gasteiger partial charge in [0.15, 0.2) is 5.01 Å². The van der Waals surface area contributed by atoms with Crippen molar-refractivity contribution >= 4 is 17.2 Å². The minimum atomic E-state index is -0.228. The van der Waals surface area contributed by atoms with Crippen molar-refractivity contribution < 1.29 is 14.3 Å². The first-order chi connectivity index (χ1) is 11.2. The highest BCUT2D eigenvalue weighted by Gasteiger charge is 2.28. The van der Waals surface area contributed by atoms with Crippen LogP contribution in [0.3, 0.4) is 0 Å². The molecule has 2 heterocycles. The van der Waals surface area contributed by atoms with Crippen molar-refractivity contribution in [3.8, 4) is 0 Å². The van der Waals surface area contributed by atoms with Crippen LogP contribution in [0.2, 0.25) is 0 Å². The van der Waals surface area contributed by atoms with E-state index in [0.717, 1.165) is 25.0 Å². The summed E-state index contributed by atoms with van der Waals surface area (Å²) < 4.78 is 5.38. The van der Waals surface area contributed by atoms with E-state index in [2.05, 4.69) is 4.98 Å². The summed E-state index contributed by atoms with van der Waals surface area (Å²) in [7, 11) is 0. The van der Waals surface area contributed by atoms with Crippen molar-refractivity contribution in [2.24, 2.45) is 0 Å². The Morgan fingerprint density at radius 1 is 1.48 bits per heavy atom. The Morgan fingerprint density at radius 3 is 2.96 bits per heavy atom. The number of aryl methyl sites for hydroxylation is 2. The van der Waals surface area contributed by atoms with Crippen LogP contribution in [-0.2, 0) is 19.4 Å². The SMILES string of the molecule is CC[C@H](CO)N(Cc1ccco1)C(=O)c1nc2c(s1)CCCC2. The second kappa shape index (κ2) is 7.27. The van der Waals surface area contributed by atoms with E-state index in [1.165, 1.54) is 22.6 Å². The maximum atomic E-state index is 13.0. The van der Waals surface area contributed by atoms with Gasteiger partial charge in [0.05, 0.1) is 31.2 Å². The maximum absolute atomic E-state index is 13.0. The third kappa shape index (κ3) is 3.48. The van der Waals surface area contributed by atoms with E-state index in [9.17, 15) is 9.90 Å². The third-order valence-corrected chi connectivity index (χ3v) is 5.46. The summed E-state index contributed by atoms with van der Waals surface area (Å²) in [5, 5.41) is 10.2. The van der Waals surface area contributed by atoms with E-state index in [0.29, 0.717) is 23.7 Å². The molecular formula is C17H22N2O3S. The van der Waals surface area contributed by atoms with Gasteiger partial charge in [0.1, 0.15) is 5.76 Å². The molecule has 6 heteroatoms. The van der Waals surface area contributed by atoms with Gasteiger partial charge in [-0.1, -0.05) is 6.92 Å². The van der Waals surface area contributed by atoms with Gasteiger partial charge in [-0.05, 0) is 44.2 Å². The molecule has 1 amide bonds. The largest absolute Gasteiger partial charge is 0.467 e. The maximum Gasteiger partial charge on any atom is 0.283 e. The molecule has 0 fully saturated rings. The first kappa shape index (κ1) is 16.2. The summed E-state index contributed by atoms with van der Waals surface area (Å²) in [4.78, 5) is 20.5. The lowest BCUT2D eigenvalue weighted by Gasteiger charge is -2.28. The number of fused-ring (bicyclic) bond motifs is 1. The number of amides is 1. The first-order valence-corrected chi connectivity index (χ1v) is 8.97. The monoisotopic (exact) mass is 334 g/mol. The van der Waals surface area contributed by atoms with Crippen LogP contribution in [0.1, 0.15) is 52.3 Å². The molecule has 1 atom stereocenters. The van der Waals surface area contributed by atoms with E-state index >= 15 is 0 Å². The molecule has 1 N–H and O–H groups in total. The summed E-state index contributed by atoms with van der Waals surface area (Å²) in [5.74, 6) is 0.605. The molecule has 0 saturated carbocycles. The molecule has 1 aliphatic rings. The van der Waals surface area contributed by atoms with Crippen LogP contribution in [0, 0.1) is 0 Å². The van der Waals surface area contributed by atoms with Gasteiger partial charge >= 0.3 is 0 Å². The lowest BCUT2D eigenvalue weighted by Crippen LogP contribution is -2.41. The number of hydrogen-bond acceptors (Lipinski definition) is 5. The van der Waals surface area contributed by atoms with Gasteiger partial charge in [0.25, 0.3) is 5.91 Å². The molecule has 1 aliphatic carbocycles. The topological polar surface area (TPSA) is 66.6 Å². The van der Waals surface area contributed by atoms with Crippen LogP contribution < -0.4 is 0 Å². The van der Waals surface area contributed by atoms with Crippen molar-refractivity contribution in [1.82, 2.24) is 9.88 Å². The minimum Gasteiger partial charge on any atom is -0.467 e. The number of aliphatic hydroxyl groups is 1. The molecule has 0 aliphatic heterocycles. The fourth-order valence-electron chi connectivity index (χ4n) is 2.95. The molecule has 124 valence electrons. The molecule has 0 bridgehead atoms. The molecule has 0 saturated heterocycles. The van der Waals surface area contributed by atoms with Crippen LogP contribution in [0.25, 0.3) is 0 Å².